The van der Waals surface area contributed by atoms with Gasteiger partial charge in [-0.1, -0.05) is 78.9 Å². The lowest BCUT2D eigenvalue weighted by molar-refractivity contribution is 0.464. The predicted molar refractivity (Wildman–Crippen MR) is 169 cm³/mol. The van der Waals surface area contributed by atoms with Gasteiger partial charge in [0.1, 0.15) is 23.0 Å². The molecule has 0 unspecified atom stereocenters. The molecule has 0 spiro atoms. The van der Waals surface area contributed by atoms with Crippen LogP contribution in [0.1, 0.15) is 0 Å². The van der Waals surface area contributed by atoms with Crippen LogP contribution >= 0.6 is 0 Å². The largest absolute Gasteiger partial charge is 0.458 e. The SMILES string of the molecule is O=S1(=O)c2ccccc2-c2ccc3c(c21)c1ccccc1n3-c1cc2c3c(c1)Oc1ccccc1B3c1ccccc1O2. The van der Waals surface area contributed by atoms with E-state index in [1.807, 2.05) is 84.9 Å². The second kappa shape index (κ2) is 7.97. The summed E-state index contributed by atoms with van der Waals surface area (Å²) in [5.41, 5.74) is 7.27. The number of hydrogen-bond donors (Lipinski definition) is 0. The standard InChI is InChI=1S/C36H20BNO4S/c39-43(40)33-16-8-2-9-22(33)23-17-18-28-34(36(23)43)24-10-1-5-13-27(24)38(28)21-19-31-35-32(20-21)42-30-15-7-4-12-26(30)37(35)25-11-3-6-14-29(25)41-31/h1-20H. The number of rotatable bonds is 1. The van der Waals surface area contributed by atoms with Crippen LogP contribution < -0.4 is 25.9 Å². The van der Waals surface area contributed by atoms with E-state index in [-0.39, 0.29) is 6.71 Å². The third-order valence-electron chi connectivity index (χ3n) is 9.06. The summed E-state index contributed by atoms with van der Waals surface area (Å²) in [5, 5.41) is 1.61. The van der Waals surface area contributed by atoms with Gasteiger partial charge in [-0.3, -0.25) is 0 Å². The Hall–Kier alpha value is -5.27. The lowest BCUT2D eigenvalue weighted by Gasteiger charge is -2.33. The maximum Gasteiger partial charge on any atom is 0.260 e. The highest BCUT2D eigenvalue weighted by Gasteiger charge is 2.41. The van der Waals surface area contributed by atoms with Gasteiger partial charge in [0.15, 0.2) is 0 Å². The Bertz CT molecular complexity index is 2430. The average molecular weight is 573 g/mol. The van der Waals surface area contributed by atoms with Crippen LogP contribution in [0.25, 0.3) is 38.6 Å². The minimum Gasteiger partial charge on any atom is -0.458 e. The Balaban J connectivity index is 1.28. The van der Waals surface area contributed by atoms with Crippen molar-refractivity contribution in [2.75, 3.05) is 0 Å². The molecular formula is C36H20BNO4S. The first-order chi connectivity index (χ1) is 21.1. The number of hydrogen-bond acceptors (Lipinski definition) is 4. The molecule has 202 valence electrons. The van der Waals surface area contributed by atoms with Crippen LogP contribution in [0.15, 0.2) is 131 Å². The van der Waals surface area contributed by atoms with E-state index >= 15 is 0 Å². The number of benzene rings is 6. The van der Waals surface area contributed by atoms with Gasteiger partial charge in [-0.2, -0.15) is 0 Å². The van der Waals surface area contributed by atoms with Crippen molar-refractivity contribution in [3.63, 3.8) is 0 Å². The summed E-state index contributed by atoms with van der Waals surface area (Å²) in [6, 6.07) is 39.7. The molecule has 0 amide bonds. The van der Waals surface area contributed by atoms with Crippen LogP contribution in [-0.2, 0) is 9.84 Å². The molecule has 0 saturated heterocycles. The molecule has 5 nitrogen and oxygen atoms in total. The first-order valence-corrected chi connectivity index (χ1v) is 15.7. The van der Waals surface area contributed by atoms with E-state index in [1.54, 1.807) is 12.1 Å². The molecule has 0 fully saturated rings. The van der Waals surface area contributed by atoms with E-state index < -0.39 is 9.84 Å². The van der Waals surface area contributed by atoms with Crippen molar-refractivity contribution in [1.82, 2.24) is 4.57 Å². The van der Waals surface area contributed by atoms with Crippen LogP contribution in [0.2, 0.25) is 0 Å². The van der Waals surface area contributed by atoms with Gasteiger partial charge in [-0.05, 0) is 41.3 Å². The monoisotopic (exact) mass is 573 g/mol. The van der Waals surface area contributed by atoms with E-state index in [0.29, 0.717) is 9.79 Å². The number of para-hydroxylation sites is 3. The van der Waals surface area contributed by atoms with Crippen molar-refractivity contribution in [3.05, 3.63) is 121 Å². The predicted octanol–water partition coefficient (Wildman–Crippen LogP) is 6.32. The Morgan fingerprint density at radius 1 is 0.581 bits per heavy atom. The molecule has 43 heavy (non-hydrogen) atoms. The van der Waals surface area contributed by atoms with Gasteiger partial charge in [0.2, 0.25) is 9.84 Å². The third kappa shape index (κ3) is 2.89. The summed E-state index contributed by atoms with van der Waals surface area (Å²) in [6.07, 6.45) is 0. The first-order valence-electron chi connectivity index (χ1n) is 14.2. The van der Waals surface area contributed by atoms with Gasteiger partial charge in [-0.25, -0.2) is 8.42 Å². The molecule has 6 aromatic carbocycles. The van der Waals surface area contributed by atoms with E-state index in [1.165, 1.54) is 0 Å². The normalized spacial score (nSPS) is 14.7. The number of aromatic nitrogens is 1. The summed E-state index contributed by atoms with van der Waals surface area (Å²) in [6.45, 7) is -0.0148. The Morgan fingerprint density at radius 3 is 1.95 bits per heavy atom. The molecule has 0 atom stereocenters. The fraction of sp³-hybridized carbons (Fsp3) is 0. The van der Waals surface area contributed by atoms with Crippen LogP contribution in [0.5, 0.6) is 23.0 Å². The van der Waals surface area contributed by atoms with E-state index in [9.17, 15) is 8.42 Å². The molecule has 10 rings (SSSR count). The average Bonchev–Trinajstić information content (AvgIpc) is 3.49. The Labute approximate surface area is 247 Å². The molecule has 7 heteroatoms. The quantitative estimate of drug-likeness (QED) is 0.216. The maximum absolute atomic E-state index is 14.0. The number of nitrogens with zero attached hydrogens (tertiary/aromatic N) is 1. The fourth-order valence-corrected chi connectivity index (χ4v) is 9.24. The third-order valence-corrected chi connectivity index (χ3v) is 11.0. The Morgan fingerprint density at radius 2 is 1.21 bits per heavy atom. The highest BCUT2D eigenvalue weighted by atomic mass is 32.2. The second-order valence-corrected chi connectivity index (χ2v) is 13.1. The highest BCUT2D eigenvalue weighted by molar-refractivity contribution is 7.92. The number of sulfone groups is 1. The van der Waals surface area contributed by atoms with Crippen LogP contribution in [0, 0.1) is 0 Å². The maximum atomic E-state index is 14.0. The minimum atomic E-state index is -3.71. The van der Waals surface area contributed by atoms with E-state index in [0.717, 1.165) is 78.0 Å². The molecule has 0 bridgehead atoms. The van der Waals surface area contributed by atoms with Crippen LogP contribution in [-0.4, -0.2) is 19.7 Å². The van der Waals surface area contributed by atoms with Crippen LogP contribution in [0.3, 0.4) is 0 Å². The van der Waals surface area contributed by atoms with Gasteiger partial charge in [0.25, 0.3) is 6.71 Å². The number of fused-ring (bicyclic) bond motifs is 11. The topological polar surface area (TPSA) is 57.5 Å². The zero-order valence-corrected chi connectivity index (χ0v) is 23.4. The molecule has 0 saturated carbocycles. The smallest absolute Gasteiger partial charge is 0.260 e. The summed E-state index contributed by atoms with van der Waals surface area (Å²) in [4.78, 5) is 0.730. The lowest BCUT2D eigenvalue weighted by atomic mass is 9.35. The molecule has 0 aliphatic carbocycles. The molecule has 0 radical (unpaired) electrons. The van der Waals surface area contributed by atoms with Gasteiger partial charge in [-0.15, -0.1) is 0 Å². The van der Waals surface area contributed by atoms with E-state index in [4.69, 9.17) is 9.47 Å². The van der Waals surface area contributed by atoms with Crippen molar-refractivity contribution in [1.29, 1.82) is 0 Å². The Kier molecular flexibility index (Phi) is 4.32. The van der Waals surface area contributed by atoms with Gasteiger partial charge < -0.3 is 14.0 Å². The fourth-order valence-electron chi connectivity index (χ4n) is 7.34. The van der Waals surface area contributed by atoms with Crippen molar-refractivity contribution in [2.24, 2.45) is 0 Å². The van der Waals surface area contributed by atoms with Gasteiger partial charge >= 0.3 is 0 Å². The summed E-state index contributed by atoms with van der Waals surface area (Å²) in [5.74, 6) is 3.11. The summed E-state index contributed by atoms with van der Waals surface area (Å²) in [7, 11) is -3.71. The summed E-state index contributed by atoms with van der Waals surface area (Å²) < 4.78 is 43.3. The van der Waals surface area contributed by atoms with Crippen molar-refractivity contribution < 1.29 is 17.9 Å². The van der Waals surface area contributed by atoms with Gasteiger partial charge in [0, 0.05) is 39.5 Å². The molecule has 4 heterocycles. The molecular weight excluding hydrogens is 553 g/mol. The van der Waals surface area contributed by atoms with E-state index in [2.05, 4.69) is 28.8 Å². The minimum absolute atomic E-state index is 0.0148. The van der Waals surface area contributed by atoms with Crippen molar-refractivity contribution >= 4 is 54.7 Å². The zero-order chi connectivity index (χ0) is 28.4. The van der Waals surface area contributed by atoms with Gasteiger partial charge in [0.05, 0.1) is 26.5 Å². The molecule has 3 aliphatic rings. The first kappa shape index (κ1) is 23.3. The molecule has 7 aromatic rings. The van der Waals surface area contributed by atoms with Crippen LogP contribution in [0.4, 0.5) is 0 Å². The number of ether oxygens (including phenoxy) is 2. The second-order valence-electron chi connectivity index (χ2n) is 11.3. The van der Waals surface area contributed by atoms with Crippen molar-refractivity contribution in [3.8, 4) is 39.8 Å². The highest BCUT2D eigenvalue weighted by Crippen LogP contribution is 2.49. The zero-order valence-electron chi connectivity index (χ0n) is 22.6. The lowest BCUT2D eigenvalue weighted by Crippen LogP contribution is -2.57. The molecule has 1 aromatic heterocycles. The molecule has 3 aliphatic heterocycles. The summed E-state index contributed by atoms with van der Waals surface area (Å²) >= 11 is 0. The molecule has 0 N–H and O–H groups in total. The van der Waals surface area contributed by atoms with Crippen molar-refractivity contribution in [2.45, 2.75) is 9.79 Å².